The molecule has 0 aromatic heterocycles. The first-order chi connectivity index (χ1) is 10.7. The highest BCUT2D eigenvalue weighted by molar-refractivity contribution is 5.84. The van der Waals surface area contributed by atoms with Crippen molar-refractivity contribution in [3.05, 3.63) is 60.2 Å². The zero-order valence-corrected chi connectivity index (χ0v) is 12.2. The topological polar surface area (TPSA) is 64.6 Å². The molecule has 0 aliphatic heterocycles. The third-order valence-corrected chi connectivity index (χ3v) is 2.83. The van der Waals surface area contributed by atoms with Crippen molar-refractivity contribution in [1.82, 2.24) is 0 Å². The normalized spacial score (nSPS) is 9.86. The van der Waals surface area contributed by atoms with Crippen LogP contribution < -0.4 is 10.1 Å². The fourth-order valence-electron chi connectivity index (χ4n) is 1.69. The van der Waals surface area contributed by atoms with Gasteiger partial charge in [-0.3, -0.25) is 10.1 Å². The number of carbonyl (C=O) groups is 2. The summed E-state index contributed by atoms with van der Waals surface area (Å²) in [5, 5.41) is 2.61. The largest absolute Gasteiger partial charge is 0.444 e. The molecule has 0 saturated heterocycles. The summed E-state index contributed by atoms with van der Waals surface area (Å²) in [5.74, 6) is 0.137. The van der Waals surface area contributed by atoms with E-state index in [0.29, 0.717) is 17.9 Å². The summed E-state index contributed by atoms with van der Waals surface area (Å²) in [5.41, 5.74) is 1.48. The molecule has 1 amide bonds. The zero-order chi connectivity index (χ0) is 15.8. The molecule has 5 nitrogen and oxygen atoms in total. The lowest BCUT2D eigenvalue weighted by atomic mass is 10.2. The van der Waals surface area contributed by atoms with E-state index >= 15 is 0 Å². The third-order valence-electron chi connectivity index (χ3n) is 2.83. The summed E-state index contributed by atoms with van der Waals surface area (Å²) in [6.45, 7) is 1.93. The molecule has 114 valence electrons. The van der Waals surface area contributed by atoms with E-state index < -0.39 is 6.09 Å². The summed E-state index contributed by atoms with van der Waals surface area (Å²) < 4.78 is 10.2. The van der Waals surface area contributed by atoms with Crippen LogP contribution in [0.4, 0.5) is 10.5 Å². The number of ether oxygens (including phenoxy) is 2. The van der Waals surface area contributed by atoms with Crippen molar-refractivity contribution < 1.29 is 19.1 Å². The van der Waals surface area contributed by atoms with E-state index in [9.17, 15) is 9.59 Å². The number of amides is 1. The van der Waals surface area contributed by atoms with Crippen LogP contribution in [0.5, 0.6) is 5.75 Å². The van der Waals surface area contributed by atoms with Crippen LogP contribution in [0.3, 0.4) is 0 Å². The average molecular weight is 299 g/mol. The monoisotopic (exact) mass is 299 g/mol. The van der Waals surface area contributed by atoms with E-state index in [0.717, 1.165) is 5.56 Å². The maximum Gasteiger partial charge on any atom is 0.411 e. The number of hydrogen-bond acceptors (Lipinski definition) is 4. The van der Waals surface area contributed by atoms with Crippen molar-refractivity contribution in [3.63, 3.8) is 0 Å². The summed E-state index contributed by atoms with van der Waals surface area (Å²) in [6, 6.07) is 15.9. The summed E-state index contributed by atoms with van der Waals surface area (Å²) in [7, 11) is 0. The molecule has 1 N–H and O–H groups in total. The van der Waals surface area contributed by atoms with E-state index in [1.807, 2.05) is 30.3 Å². The van der Waals surface area contributed by atoms with Gasteiger partial charge in [0.25, 0.3) is 0 Å². The molecule has 2 aromatic rings. The predicted octanol–water partition coefficient (Wildman–Crippen LogP) is 3.75. The van der Waals surface area contributed by atoms with Gasteiger partial charge in [0, 0.05) is 12.1 Å². The van der Waals surface area contributed by atoms with Crippen molar-refractivity contribution in [2.24, 2.45) is 0 Å². The van der Waals surface area contributed by atoms with Crippen molar-refractivity contribution in [1.29, 1.82) is 0 Å². The van der Waals surface area contributed by atoms with E-state index in [2.05, 4.69) is 5.32 Å². The Bertz CT molecular complexity index is 623. The van der Waals surface area contributed by atoms with E-state index in [1.54, 1.807) is 31.2 Å². The molecule has 0 aliphatic rings. The Labute approximate surface area is 128 Å². The van der Waals surface area contributed by atoms with Gasteiger partial charge in [-0.1, -0.05) is 37.3 Å². The first kappa shape index (κ1) is 15.6. The Balaban J connectivity index is 1.82. The second kappa shape index (κ2) is 7.83. The van der Waals surface area contributed by atoms with Gasteiger partial charge in [0.2, 0.25) is 0 Å². The first-order valence-electron chi connectivity index (χ1n) is 6.96. The van der Waals surface area contributed by atoms with Crippen LogP contribution in [0.1, 0.15) is 18.9 Å². The second-order valence-corrected chi connectivity index (χ2v) is 4.54. The van der Waals surface area contributed by atoms with E-state index in [-0.39, 0.29) is 12.6 Å². The Morgan fingerprint density at radius 3 is 2.32 bits per heavy atom. The van der Waals surface area contributed by atoms with Crippen molar-refractivity contribution >= 4 is 17.7 Å². The average Bonchev–Trinajstić information content (AvgIpc) is 2.55. The number of rotatable bonds is 5. The van der Waals surface area contributed by atoms with E-state index in [1.165, 1.54) is 0 Å². The lowest BCUT2D eigenvalue weighted by Gasteiger charge is -2.08. The zero-order valence-electron chi connectivity index (χ0n) is 12.2. The van der Waals surface area contributed by atoms with Crippen LogP contribution in [-0.4, -0.2) is 12.1 Å². The molecule has 0 bridgehead atoms. The molecule has 0 saturated carbocycles. The SMILES string of the molecule is CCC(=O)Oc1ccc(NC(=O)OCc2ccccc2)cc1. The lowest BCUT2D eigenvalue weighted by molar-refractivity contribution is -0.134. The fraction of sp³-hybridized carbons (Fsp3) is 0.176. The van der Waals surface area contributed by atoms with Crippen molar-refractivity contribution in [2.45, 2.75) is 20.0 Å². The highest BCUT2D eigenvalue weighted by atomic mass is 16.5. The standard InChI is InChI=1S/C17H17NO4/c1-2-16(19)22-15-10-8-14(9-11-15)18-17(20)21-12-13-6-4-3-5-7-13/h3-11H,2,12H2,1H3,(H,18,20). The van der Waals surface area contributed by atoms with Gasteiger partial charge in [0.05, 0.1) is 0 Å². The number of benzene rings is 2. The van der Waals surface area contributed by atoms with Gasteiger partial charge in [-0.2, -0.15) is 0 Å². The fourth-order valence-corrected chi connectivity index (χ4v) is 1.69. The lowest BCUT2D eigenvalue weighted by Crippen LogP contribution is -2.13. The molecule has 2 rings (SSSR count). The molecule has 0 radical (unpaired) electrons. The predicted molar refractivity (Wildman–Crippen MR) is 82.6 cm³/mol. The number of carbonyl (C=O) groups excluding carboxylic acids is 2. The van der Waals surface area contributed by atoms with Gasteiger partial charge in [-0.15, -0.1) is 0 Å². The third kappa shape index (κ3) is 4.94. The van der Waals surface area contributed by atoms with Gasteiger partial charge in [0.1, 0.15) is 12.4 Å². The van der Waals surface area contributed by atoms with E-state index in [4.69, 9.17) is 9.47 Å². The molecule has 0 spiro atoms. The molecular weight excluding hydrogens is 282 g/mol. The summed E-state index contributed by atoms with van der Waals surface area (Å²) in [6.07, 6.45) is -0.228. The highest BCUT2D eigenvalue weighted by Gasteiger charge is 2.05. The Morgan fingerprint density at radius 2 is 1.68 bits per heavy atom. The Morgan fingerprint density at radius 1 is 1.00 bits per heavy atom. The number of nitrogens with one attached hydrogen (secondary N) is 1. The van der Waals surface area contributed by atoms with Gasteiger partial charge in [-0.05, 0) is 29.8 Å². The molecule has 5 heteroatoms. The summed E-state index contributed by atoms with van der Waals surface area (Å²) in [4.78, 5) is 22.8. The van der Waals surface area contributed by atoms with Crippen LogP contribution in [-0.2, 0) is 16.1 Å². The van der Waals surface area contributed by atoms with Crippen LogP contribution in [0.2, 0.25) is 0 Å². The van der Waals surface area contributed by atoms with Crippen LogP contribution in [0.25, 0.3) is 0 Å². The minimum atomic E-state index is -0.540. The number of anilines is 1. The van der Waals surface area contributed by atoms with Crippen LogP contribution >= 0.6 is 0 Å². The van der Waals surface area contributed by atoms with Crippen LogP contribution in [0.15, 0.2) is 54.6 Å². The Hall–Kier alpha value is -2.82. The molecule has 2 aromatic carbocycles. The summed E-state index contributed by atoms with van der Waals surface area (Å²) >= 11 is 0. The van der Waals surface area contributed by atoms with Gasteiger partial charge >= 0.3 is 12.1 Å². The minimum Gasteiger partial charge on any atom is -0.444 e. The van der Waals surface area contributed by atoms with Gasteiger partial charge in [-0.25, -0.2) is 4.79 Å². The smallest absolute Gasteiger partial charge is 0.411 e. The molecule has 0 heterocycles. The maximum atomic E-state index is 11.7. The highest BCUT2D eigenvalue weighted by Crippen LogP contribution is 2.16. The number of esters is 1. The van der Waals surface area contributed by atoms with Gasteiger partial charge in [0.15, 0.2) is 0 Å². The molecule has 0 unspecified atom stereocenters. The van der Waals surface area contributed by atoms with Crippen LogP contribution in [0, 0.1) is 0 Å². The maximum absolute atomic E-state index is 11.7. The molecule has 22 heavy (non-hydrogen) atoms. The quantitative estimate of drug-likeness (QED) is 0.674. The molecule has 0 atom stereocenters. The first-order valence-corrected chi connectivity index (χ1v) is 6.96. The van der Waals surface area contributed by atoms with Crippen molar-refractivity contribution in [2.75, 3.05) is 5.32 Å². The van der Waals surface area contributed by atoms with Crippen molar-refractivity contribution in [3.8, 4) is 5.75 Å². The second-order valence-electron chi connectivity index (χ2n) is 4.54. The molecule has 0 aliphatic carbocycles. The molecular formula is C17H17NO4. The molecule has 0 fully saturated rings. The minimum absolute atomic E-state index is 0.207. The van der Waals surface area contributed by atoms with Gasteiger partial charge < -0.3 is 9.47 Å². The Kier molecular flexibility index (Phi) is 5.54. The number of hydrogen-bond donors (Lipinski definition) is 1.